The summed E-state index contributed by atoms with van der Waals surface area (Å²) in [4.78, 5) is 14.5. The van der Waals surface area contributed by atoms with Gasteiger partial charge in [-0.2, -0.15) is 0 Å². The number of piperidine rings is 1. The minimum atomic E-state index is -0.523. The Morgan fingerprint density at radius 1 is 1.09 bits per heavy atom. The maximum atomic E-state index is 12.1. The molecule has 0 amide bonds. The molecule has 0 radical (unpaired) electrons. The number of benzene rings is 2. The van der Waals surface area contributed by atoms with Crippen LogP contribution in [-0.2, 0) is 22.7 Å². The SMILES string of the molecule is CC.COC(=O)C(C)(C)CN1CCC(=C2c3ccccc3COc3ccc(CO)cc32)CC1. The monoisotopic (exact) mass is 451 g/mol. The van der Waals surface area contributed by atoms with E-state index in [4.69, 9.17) is 9.47 Å². The summed E-state index contributed by atoms with van der Waals surface area (Å²) in [5.74, 6) is 0.696. The highest BCUT2D eigenvalue weighted by molar-refractivity contribution is 5.87. The van der Waals surface area contributed by atoms with Gasteiger partial charge in [0.1, 0.15) is 12.4 Å². The third kappa shape index (κ3) is 5.48. The van der Waals surface area contributed by atoms with E-state index in [2.05, 4.69) is 35.2 Å². The second-order valence-corrected chi connectivity index (χ2v) is 9.06. The van der Waals surface area contributed by atoms with Gasteiger partial charge in [0.05, 0.1) is 19.1 Å². The van der Waals surface area contributed by atoms with Crippen LogP contribution in [0, 0.1) is 5.41 Å². The van der Waals surface area contributed by atoms with Crippen LogP contribution < -0.4 is 4.74 Å². The molecule has 0 atom stereocenters. The lowest BCUT2D eigenvalue weighted by atomic mass is 9.85. The van der Waals surface area contributed by atoms with Crippen molar-refractivity contribution in [2.45, 2.75) is 53.8 Å². The first-order valence-electron chi connectivity index (χ1n) is 11.9. The van der Waals surface area contributed by atoms with E-state index in [0.717, 1.165) is 42.8 Å². The lowest BCUT2D eigenvalue weighted by Crippen LogP contribution is -2.42. The Bertz CT molecular complexity index is 999. The van der Waals surface area contributed by atoms with Crippen LogP contribution in [0.15, 0.2) is 48.0 Å². The lowest BCUT2D eigenvalue weighted by molar-refractivity contribution is -0.151. The Labute approximate surface area is 198 Å². The number of likely N-dealkylation sites (tertiary alicyclic amines) is 1. The molecule has 0 unspecified atom stereocenters. The highest BCUT2D eigenvalue weighted by atomic mass is 16.5. The van der Waals surface area contributed by atoms with Crippen LogP contribution in [0.4, 0.5) is 0 Å². The molecule has 33 heavy (non-hydrogen) atoms. The molecule has 0 spiro atoms. The summed E-state index contributed by atoms with van der Waals surface area (Å²) in [6, 6.07) is 14.4. The van der Waals surface area contributed by atoms with Crippen molar-refractivity contribution in [2.75, 3.05) is 26.7 Å². The van der Waals surface area contributed by atoms with Crippen LogP contribution >= 0.6 is 0 Å². The van der Waals surface area contributed by atoms with Crippen molar-refractivity contribution in [3.63, 3.8) is 0 Å². The predicted molar refractivity (Wildman–Crippen MR) is 132 cm³/mol. The molecule has 4 rings (SSSR count). The Hall–Kier alpha value is -2.63. The van der Waals surface area contributed by atoms with Gasteiger partial charge in [0, 0.05) is 25.2 Å². The summed E-state index contributed by atoms with van der Waals surface area (Å²) in [5.41, 5.74) is 6.47. The second-order valence-electron chi connectivity index (χ2n) is 9.06. The van der Waals surface area contributed by atoms with E-state index >= 15 is 0 Å². The van der Waals surface area contributed by atoms with E-state index in [1.807, 2.05) is 39.8 Å². The average Bonchev–Trinajstić information content (AvgIpc) is 3.01. The molecule has 5 heteroatoms. The predicted octanol–water partition coefficient (Wildman–Crippen LogP) is 5.19. The zero-order valence-corrected chi connectivity index (χ0v) is 20.6. The first-order valence-corrected chi connectivity index (χ1v) is 11.9. The van der Waals surface area contributed by atoms with Gasteiger partial charge in [-0.1, -0.05) is 49.8 Å². The number of nitrogens with zero attached hydrogens (tertiary/aromatic N) is 1. The van der Waals surface area contributed by atoms with Crippen molar-refractivity contribution >= 4 is 11.5 Å². The molecule has 2 aromatic rings. The molecule has 2 aromatic carbocycles. The summed E-state index contributed by atoms with van der Waals surface area (Å²) in [6.07, 6.45) is 1.87. The number of rotatable bonds is 4. The third-order valence-corrected chi connectivity index (χ3v) is 6.34. The third-order valence-electron chi connectivity index (χ3n) is 6.34. The zero-order chi connectivity index (χ0) is 24.0. The topological polar surface area (TPSA) is 59.0 Å². The van der Waals surface area contributed by atoms with Crippen LogP contribution in [0.25, 0.3) is 5.57 Å². The number of aliphatic hydroxyl groups is 1. The number of ether oxygens (including phenoxy) is 2. The first-order chi connectivity index (χ1) is 15.9. The van der Waals surface area contributed by atoms with E-state index in [1.165, 1.54) is 29.4 Å². The Morgan fingerprint density at radius 2 is 1.79 bits per heavy atom. The number of esters is 1. The molecule has 1 saturated heterocycles. The molecule has 0 saturated carbocycles. The van der Waals surface area contributed by atoms with E-state index in [1.54, 1.807) is 0 Å². The van der Waals surface area contributed by atoms with E-state index in [9.17, 15) is 9.90 Å². The average molecular weight is 452 g/mol. The number of carbonyl (C=O) groups is 1. The van der Waals surface area contributed by atoms with Gasteiger partial charge in [-0.05, 0) is 61.1 Å². The number of hydrogen-bond acceptors (Lipinski definition) is 5. The molecule has 0 aromatic heterocycles. The quantitative estimate of drug-likeness (QED) is 0.648. The Kier molecular flexibility index (Phi) is 8.33. The number of fused-ring (bicyclic) bond motifs is 2. The standard InChI is InChI=1S/C26H31NO4.C2H6/c1-26(2,25(29)30-3)17-27-12-10-19(11-13-27)24-21-7-5-4-6-20(21)16-31-23-9-8-18(15-28)14-22(23)24;1-2/h4-9,14,28H,10-13,15-17H2,1-3H3;1-2H3. The summed E-state index contributed by atoms with van der Waals surface area (Å²) < 4.78 is 11.1. The molecule has 2 heterocycles. The fourth-order valence-corrected chi connectivity index (χ4v) is 4.70. The first kappa shape index (κ1) is 25.0. The summed E-state index contributed by atoms with van der Waals surface area (Å²) in [7, 11) is 1.45. The minimum Gasteiger partial charge on any atom is -0.488 e. The molecule has 0 aliphatic carbocycles. The fourth-order valence-electron chi connectivity index (χ4n) is 4.70. The van der Waals surface area contributed by atoms with Crippen LogP contribution in [0.5, 0.6) is 5.75 Å². The number of aliphatic hydroxyl groups excluding tert-OH is 1. The fraction of sp³-hybridized carbons (Fsp3) is 0.464. The van der Waals surface area contributed by atoms with Gasteiger partial charge in [0.2, 0.25) is 0 Å². The van der Waals surface area contributed by atoms with Crippen molar-refractivity contribution in [1.82, 2.24) is 4.90 Å². The normalized spacial score (nSPS) is 15.9. The van der Waals surface area contributed by atoms with Gasteiger partial charge in [0.15, 0.2) is 0 Å². The second kappa shape index (κ2) is 11.0. The molecular formula is C28H37NO4. The largest absolute Gasteiger partial charge is 0.488 e. The van der Waals surface area contributed by atoms with Crippen LogP contribution in [0.1, 0.15) is 62.8 Å². The smallest absolute Gasteiger partial charge is 0.312 e. The van der Waals surface area contributed by atoms with E-state index in [0.29, 0.717) is 13.2 Å². The Balaban J connectivity index is 0.00000149. The van der Waals surface area contributed by atoms with Crippen molar-refractivity contribution in [2.24, 2.45) is 5.41 Å². The van der Waals surface area contributed by atoms with Gasteiger partial charge in [-0.15, -0.1) is 0 Å². The van der Waals surface area contributed by atoms with Gasteiger partial charge in [-0.3, -0.25) is 4.79 Å². The highest BCUT2D eigenvalue weighted by Gasteiger charge is 2.33. The van der Waals surface area contributed by atoms with E-state index in [-0.39, 0.29) is 12.6 Å². The van der Waals surface area contributed by atoms with Crippen LogP contribution in [0.2, 0.25) is 0 Å². The summed E-state index contributed by atoms with van der Waals surface area (Å²) >= 11 is 0. The molecule has 178 valence electrons. The zero-order valence-electron chi connectivity index (χ0n) is 20.6. The summed E-state index contributed by atoms with van der Waals surface area (Å²) in [6.45, 7) is 10.9. The highest BCUT2D eigenvalue weighted by Crippen LogP contribution is 2.41. The molecule has 1 fully saturated rings. The van der Waals surface area contributed by atoms with Crippen molar-refractivity contribution in [3.8, 4) is 5.75 Å². The van der Waals surface area contributed by atoms with Crippen LogP contribution in [-0.4, -0.2) is 42.7 Å². The van der Waals surface area contributed by atoms with Gasteiger partial charge in [-0.25, -0.2) is 0 Å². The molecule has 2 aliphatic heterocycles. The number of hydrogen-bond donors (Lipinski definition) is 1. The number of carbonyl (C=O) groups excluding carboxylic acids is 1. The van der Waals surface area contributed by atoms with Gasteiger partial charge >= 0.3 is 5.97 Å². The maximum Gasteiger partial charge on any atom is 0.312 e. The van der Waals surface area contributed by atoms with Gasteiger partial charge < -0.3 is 19.5 Å². The lowest BCUT2D eigenvalue weighted by Gasteiger charge is -2.35. The van der Waals surface area contributed by atoms with Crippen molar-refractivity contribution in [1.29, 1.82) is 0 Å². The molecular weight excluding hydrogens is 414 g/mol. The van der Waals surface area contributed by atoms with Gasteiger partial charge in [0.25, 0.3) is 0 Å². The summed E-state index contributed by atoms with van der Waals surface area (Å²) in [5, 5.41) is 9.71. The van der Waals surface area contributed by atoms with Crippen molar-refractivity contribution < 1.29 is 19.4 Å². The van der Waals surface area contributed by atoms with E-state index < -0.39 is 5.41 Å². The molecule has 0 bridgehead atoms. The molecule has 5 nitrogen and oxygen atoms in total. The van der Waals surface area contributed by atoms with Crippen molar-refractivity contribution in [3.05, 3.63) is 70.3 Å². The van der Waals surface area contributed by atoms with Crippen LogP contribution in [0.3, 0.4) is 0 Å². The maximum absolute atomic E-state index is 12.1. The molecule has 2 aliphatic rings. The Morgan fingerprint density at radius 3 is 2.45 bits per heavy atom. The number of methoxy groups -OCH3 is 1. The minimum absolute atomic E-state index is 0.00787. The molecule has 1 N–H and O–H groups in total.